The van der Waals surface area contributed by atoms with Crippen LogP contribution in [-0.2, 0) is 0 Å². The third kappa shape index (κ3) is 3.41. The lowest BCUT2D eigenvalue weighted by Crippen LogP contribution is -2.38. The second-order valence-electron chi connectivity index (χ2n) is 5.25. The fourth-order valence-electron chi connectivity index (χ4n) is 3.07. The largest absolute Gasteiger partial charge is 0.305 e. The van der Waals surface area contributed by atoms with Gasteiger partial charge in [0.1, 0.15) is 0 Å². The molecule has 17 heavy (non-hydrogen) atoms. The molecule has 2 atom stereocenters. The van der Waals surface area contributed by atoms with E-state index in [1.165, 1.54) is 45.4 Å². The molecule has 0 aromatic carbocycles. The minimum atomic E-state index is 0.0120. The minimum absolute atomic E-state index is 0.0120. The smallest absolute Gasteiger partial charge is 0.0962 e. The van der Waals surface area contributed by atoms with E-state index in [1.807, 2.05) is 7.05 Å². The molecule has 2 fully saturated rings. The van der Waals surface area contributed by atoms with Crippen LogP contribution < -0.4 is 5.32 Å². The van der Waals surface area contributed by atoms with Crippen molar-refractivity contribution in [2.45, 2.75) is 37.8 Å². The van der Waals surface area contributed by atoms with Gasteiger partial charge in [-0.3, -0.25) is 4.90 Å². The topological polar surface area (TPSA) is 42.3 Å². The molecular weight excluding hydrogens is 212 g/mol. The summed E-state index contributed by atoms with van der Waals surface area (Å²) in [6, 6.07) is 3.10. The van der Waals surface area contributed by atoms with Crippen LogP contribution in [0.25, 0.3) is 0 Å². The van der Waals surface area contributed by atoms with Crippen LogP contribution in [0.1, 0.15) is 25.7 Å². The minimum Gasteiger partial charge on any atom is -0.305 e. The van der Waals surface area contributed by atoms with Gasteiger partial charge in [0.15, 0.2) is 0 Å². The van der Waals surface area contributed by atoms with Gasteiger partial charge in [-0.2, -0.15) is 5.26 Å². The first kappa shape index (κ1) is 12.8. The van der Waals surface area contributed by atoms with E-state index in [9.17, 15) is 0 Å². The lowest BCUT2D eigenvalue weighted by molar-refractivity contribution is 0.216. The lowest BCUT2D eigenvalue weighted by atomic mass is 10.2. The number of nitriles is 1. The van der Waals surface area contributed by atoms with Crippen LogP contribution in [0, 0.1) is 11.3 Å². The van der Waals surface area contributed by atoms with E-state index in [0.717, 1.165) is 19.0 Å². The van der Waals surface area contributed by atoms with Crippen molar-refractivity contribution in [2.75, 3.05) is 39.8 Å². The third-order valence-corrected chi connectivity index (χ3v) is 4.13. The Morgan fingerprint density at radius 1 is 1.35 bits per heavy atom. The van der Waals surface area contributed by atoms with Crippen molar-refractivity contribution >= 4 is 0 Å². The van der Waals surface area contributed by atoms with Crippen molar-refractivity contribution < 1.29 is 0 Å². The first-order valence-corrected chi connectivity index (χ1v) is 6.87. The van der Waals surface area contributed by atoms with Crippen LogP contribution in [0.4, 0.5) is 0 Å². The quantitative estimate of drug-likeness (QED) is 0.778. The molecular formula is C13H24N4. The summed E-state index contributed by atoms with van der Waals surface area (Å²) in [7, 11) is 1.87. The second kappa shape index (κ2) is 6.34. The first-order chi connectivity index (χ1) is 8.33. The Balaban J connectivity index is 1.79. The third-order valence-electron chi connectivity index (χ3n) is 4.13. The van der Waals surface area contributed by atoms with E-state index in [0.29, 0.717) is 0 Å². The maximum absolute atomic E-state index is 8.92. The molecule has 0 saturated carbocycles. The molecule has 0 bridgehead atoms. The summed E-state index contributed by atoms with van der Waals surface area (Å²) in [4.78, 5) is 5.21. The second-order valence-corrected chi connectivity index (χ2v) is 5.25. The SMILES string of the molecule is CNC(C#N)CCN1CCCN2CCCC2C1. The summed E-state index contributed by atoms with van der Waals surface area (Å²) in [5, 5.41) is 12.0. The zero-order chi connectivity index (χ0) is 12.1. The Kier molecular flexibility index (Phi) is 4.78. The highest BCUT2D eigenvalue weighted by Crippen LogP contribution is 2.21. The van der Waals surface area contributed by atoms with E-state index in [4.69, 9.17) is 5.26 Å². The molecule has 1 N–H and O–H groups in total. The first-order valence-electron chi connectivity index (χ1n) is 6.87. The van der Waals surface area contributed by atoms with E-state index >= 15 is 0 Å². The Morgan fingerprint density at radius 2 is 2.18 bits per heavy atom. The highest BCUT2D eigenvalue weighted by Gasteiger charge is 2.28. The molecule has 0 aliphatic carbocycles. The molecule has 0 spiro atoms. The zero-order valence-electron chi connectivity index (χ0n) is 10.9. The molecule has 4 nitrogen and oxygen atoms in total. The van der Waals surface area contributed by atoms with Gasteiger partial charge in [-0.25, -0.2) is 0 Å². The van der Waals surface area contributed by atoms with Gasteiger partial charge in [-0.1, -0.05) is 0 Å². The van der Waals surface area contributed by atoms with Crippen LogP contribution in [0.2, 0.25) is 0 Å². The summed E-state index contributed by atoms with van der Waals surface area (Å²) >= 11 is 0. The fraction of sp³-hybridized carbons (Fsp3) is 0.923. The average Bonchev–Trinajstić information content (AvgIpc) is 2.69. The predicted molar refractivity (Wildman–Crippen MR) is 68.7 cm³/mol. The summed E-state index contributed by atoms with van der Waals surface area (Å²) in [6.07, 6.45) is 4.97. The van der Waals surface area contributed by atoms with Gasteiger partial charge < -0.3 is 10.2 Å². The van der Waals surface area contributed by atoms with Crippen LogP contribution in [0.15, 0.2) is 0 Å². The maximum Gasteiger partial charge on any atom is 0.0962 e. The number of hydrogen-bond acceptors (Lipinski definition) is 4. The van der Waals surface area contributed by atoms with Crippen LogP contribution >= 0.6 is 0 Å². The predicted octanol–water partition coefficient (Wildman–Crippen LogP) is 0.658. The molecule has 4 heteroatoms. The summed E-state index contributed by atoms with van der Waals surface area (Å²) < 4.78 is 0. The van der Waals surface area contributed by atoms with Crippen molar-refractivity contribution in [1.82, 2.24) is 15.1 Å². The molecule has 0 amide bonds. The molecule has 2 aliphatic heterocycles. The Labute approximate surface area is 105 Å². The van der Waals surface area contributed by atoms with E-state index in [2.05, 4.69) is 21.2 Å². The highest BCUT2D eigenvalue weighted by molar-refractivity contribution is 4.90. The lowest BCUT2D eigenvalue weighted by Gasteiger charge is -2.26. The van der Waals surface area contributed by atoms with Gasteiger partial charge in [0, 0.05) is 19.1 Å². The van der Waals surface area contributed by atoms with Gasteiger partial charge >= 0.3 is 0 Å². The van der Waals surface area contributed by atoms with E-state index < -0.39 is 0 Å². The monoisotopic (exact) mass is 236 g/mol. The Bertz CT molecular complexity index is 273. The van der Waals surface area contributed by atoms with Gasteiger partial charge in [0.2, 0.25) is 0 Å². The van der Waals surface area contributed by atoms with Crippen molar-refractivity contribution in [3.8, 4) is 6.07 Å². The van der Waals surface area contributed by atoms with Gasteiger partial charge in [0.25, 0.3) is 0 Å². The molecule has 0 radical (unpaired) electrons. The average molecular weight is 236 g/mol. The molecule has 96 valence electrons. The van der Waals surface area contributed by atoms with Crippen molar-refractivity contribution in [3.63, 3.8) is 0 Å². The number of hydrogen-bond donors (Lipinski definition) is 1. The van der Waals surface area contributed by atoms with Gasteiger partial charge in [0.05, 0.1) is 12.1 Å². The molecule has 0 aromatic heterocycles. The number of nitrogens with one attached hydrogen (secondary N) is 1. The Morgan fingerprint density at radius 3 is 2.94 bits per heavy atom. The summed E-state index contributed by atoms with van der Waals surface area (Å²) in [5.74, 6) is 0. The van der Waals surface area contributed by atoms with Crippen molar-refractivity contribution in [3.05, 3.63) is 0 Å². The van der Waals surface area contributed by atoms with Crippen molar-refractivity contribution in [1.29, 1.82) is 5.26 Å². The highest BCUT2D eigenvalue weighted by atomic mass is 15.3. The summed E-state index contributed by atoms with van der Waals surface area (Å²) in [6.45, 7) is 6.05. The van der Waals surface area contributed by atoms with Crippen molar-refractivity contribution in [2.24, 2.45) is 0 Å². The zero-order valence-corrected chi connectivity index (χ0v) is 10.9. The molecule has 0 aromatic rings. The van der Waals surface area contributed by atoms with Gasteiger partial charge in [-0.15, -0.1) is 0 Å². The van der Waals surface area contributed by atoms with Crippen LogP contribution in [0.3, 0.4) is 0 Å². The van der Waals surface area contributed by atoms with Crippen LogP contribution in [0.5, 0.6) is 0 Å². The molecule has 2 rings (SSSR count). The Hall–Kier alpha value is -0.630. The molecule has 2 aliphatic rings. The fourth-order valence-corrected chi connectivity index (χ4v) is 3.07. The van der Waals surface area contributed by atoms with Gasteiger partial charge in [-0.05, 0) is 52.4 Å². The maximum atomic E-state index is 8.92. The van der Waals surface area contributed by atoms with E-state index in [-0.39, 0.29) is 6.04 Å². The standard InChI is InChI=1S/C13H24N4/c1-15-12(10-14)5-9-16-6-3-8-17-7-2-4-13(17)11-16/h12-13,15H,2-9,11H2,1H3. The van der Waals surface area contributed by atoms with E-state index in [1.54, 1.807) is 0 Å². The number of nitrogens with zero attached hydrogens (tertiary/aromatic N) is 3. The van der Waals surface area contributed by atoms with Crippen LogP contribution in [-0.4, -0.2) is 61.7 Å². The molecule has 2 unspecified atom stereocenters. The molecule has 2 heterocycles. The number of rotatable bonds is 4. The number of fused-ring (bicyclic) bond motifs is 1. The summed E-state index contributed by atoms with van der Waals surface area (Å²) in [5.41, 5.74) is 0. The molecule has 2 saturated heterocycles. The normalized spacial score (nSPS) is 28.4.